The van der Waals surface area contributed by atoms with Gasteiger partial charge in [-0.1, -0.05) is 0 Å². The first-order valence-electron chi connectivity index (χ1n) is 5.86. The first kappa shape index (κ1) is 12.7. The molecule has 1 heterocycles. The van der Waals surface area contributed by atoms with E-state index >= 15 is 0 Å². The van der Waals surface area contributed by atoms with Gasteiger partial charge in [0.05, 0.1) is 13.5 Å². The highest BCUT2D eigenvalue weighted by Crippen LogP contribution is 2.37. The van der Waals surface area contributed by atoms with E-state index in [4.69, 9.17) is 20.3 Å². The molecule has 1 unspecified atom stereocenters. The Kier molecular flexibility index (Phi) is 3.43. The number of fused-ring (bicyclic) bond motifs is 1. The van der Waals surface area contributed by atoms with Gasteiger partial charge in [0, 0.05) is 23.6 Å². The summed E-state index contributed by atoms with van der Waals surface area (Å²) in [4.78, 5) is 10.7. The summed E-state index contributed by atoms with van der Waals surface area (Å²) >= 11 is 0. The van der Waals surface area contributed by atoms with Crippen LogP contribution >= 0.6 is 0 Å². The van der Waals surface area contributed by atoms with Crippen LogP contribution in [0.25, 0.3) is 0 Å². The first-order chi connectivity index (χ1) is 8.51. The van der Waals surface area contributed by atoms with Crippen LogP contribution in [-0.4, -0.2) is 24.3 Å². The van der Waals surface area contributed by atoms with E-state index in [9.17, 15) is 4.79 Å². The van der Waals surface area contributed by atoms with Crippen LogP contribution in [0.3, 0.4) is 0 Å². The second kappa shape index (κ2) is 4.86. The Balaban J connectivity index is 2.35. The average molecular weight is 251 g/mol. The number of methoxy groups -OCH3 is 1. The predicted octanol–water partition coefficient (Wildman–Crippen LogP) is 1.49. The van der Waals surface area contributed by atoms with Crippen LogP contribution in [0.2, 0.25) is 0 Å². The number of carboxylic acid groups (broad SMARTS) is 1. The minimum absolute atomic E-state index is 0.134. The molecule has 1 aromatic carbocycles. The van der Waals surface area contributed by atoms with Crippen LogP contribution in [0.5, 0.6) is 11.5 Å². The van der Waals surface area contributed by atoms with Crippen LogP contribution < -0.4 is 15.2 Å². The fourth-order valence-corrected chi connectivity index (χ4v) is 2.22. The molecule has 0 amide bonds. The van der Waals surface area contributed by atoms with E-state index in [1.54, 1.807) is 13.2 Å². The van der Waals surface area contributed by atoms with Crippen molar-refractivity contribution in [3.05, 3.63) is 23.3 Å². The molecule has 1 aliphatic heterocycles. The average Bonchev–Trinajstić information content (AvgIpc) is 2.65. The minimum atomic E-state index is -0.931. The third kappa shape index (κ3) is 2.41. The third-order valence-corrected chi connectivity index (χ3v) is 3.04. The van der Waals surface area contributed by atoms with Gasteiger partial charge in [-0.05, 0) is 19.1 Å². The van der Waals surface area contributed by atoms with Crippen molar-refractivity contribution in [2.24, 2.45) is 5.73 Å². The van der Waals surface area contributed by atoms with Crippen molar-refractivity contribution < 1.29 is 19.4 Å². The number of hydrogen-bond donors (Lipinski definition) is 2. The van der Waals surface area contributed by atoms with Gasteiger partial charge in [-0.3, -0.25) is 4.79 Å². The summed E-state index contributed by atoms with van der Waals surface area (Å²) in [5, 5.41) is 8.79. The molecular weight excluding hydrogens is 234 g/mol. The maximum atomic E-state index is 10.7. The number of carboxylic acids is 1. The molecule has 0 aromatic heterocycles. The predicted molar refractivity (Wildman–Crippen MR) is 66.0 cm³/mol. The largest absolute Gasteiger partial charge is 0.496 e. The number of aliphatic carboxylic acids is 1. The maximum Gasteiger partial charge on any atom is 0.305 e. The molecule has 5 heteroatoms. The van der Waals surface area contributed by atoms with Gasteiger partial charge in [-0.15, -0.1) is 0 Å². The van der Waals surface area contributed by atoms with Crippen molar-refractivity contribution in [1.29, 1.82) is 0 Å². The van der Waals surface area contributed by atoms with Gasteiger partial charge < -0.3 is 20.3 Å². The molecule has 98 valence electrons. The molecule has 5 nitrogen and oxygen atoms in total. The molecule has 0 fully saturated rings. The molecule has 18 heavy (non-hydrogen) atoms. The zero-order chi connectivity index (χ0) is 13.3. The van der Waals surface area contributed by atoms with Crippen LogP contribution in [0.1, 0.15) is 30.5 Å². The van der Waals surface area contributed by atoms with Crippen LogP contribution in [-0.2, 0) is 11.2 Å². The van der Waals surface area contributed by atoms with E-state index in [0.29, 0.717) is 11.3 Å². The van der Waals surface area contributed by atoms with Gasteiger partial charge in [-0.25, -0.2) is 0 Å². The number of ether oxygens (including phenoxy) is 2. The lowest BCUT2D eigenvalue weighted by molar-refractivity contribution is -0.137. The lowest BCUT2D eigenvalue weighted by Crippen LogP contribution is -2.16. The summed E-state index contributed by atoms with van der Waals surface area (Å²) in [6, 6.07) is 3.09. The fraction of sp³-hybridized carbons (Fsp3) is 0.462. The van der Waals surface area contributed by atoms with Gasteiger partial charge in [0.25, 0.3) is 0 Å². The Hall–Kier alpha value is -1.75. The molecule has 0 spiro atoms. The molecule has 0 radical (unpaired) electrons. The third-order valence-electron chi connectivity index (χ3n) is 3.04. The van der Waals surface area contributed by atoms with Crippen molar-refractivity contribution in [1.82, 2.24) is 0 Å². The fourth-order valence-electron chi connectivity index (χ4n) is 2.22. The first-order valence-corrected chi connectivity index (χ1v) is 5.86. The van der Waals surface area contributed by atoms with E-state index in [2.05, 4.69) is 0 Å². The highest BCUT2D eigenvalue weighted by molar-refractivity contribution is 5.68. The minimum Gasteiger partial charge on any atom is -0.496 e. The Morgan fingerprint density at radius 2 is 2.39 bits per heavy atom. The zero-order valence-corrected chi connectivity index (χ0v) is 10.5. The molecule has 0 aliphatic carbocycles. The number of rotatable bonds is 4. The van der Waals surface area contributed by atoms with Crippen molar-refractivity contribution >= 4 is 5.97 Å². The Labute approximate surface area is 106 Å². The topological polar surface area (TPSA) is 81.8 Å². The lowest BCUT2D eigenvalue weighted by Gasteiger charge is -2.15. The highest BCUT2D eigenvalue weighted by atomic mass is 16.5. The van der Waals surface area contributed by atoms with Gasteiger partial charge >= 0.3 is 5.97 Å². The van der Waals surface area contributed by atoms with E-state index in [-0.39, 0.29) is 12.5 Å². The Bertz CT molecular complexity index is 472. The van der Waals surface area contributed by atoms with Crippen molar-refractivity contribution in [3.63, 3.8) is 0 Å². The van der Waals surface area contributed by atoms with Gasteiger partial charge in [-0.2, -0.15) is 0 Å². The van der Waals surface area contributed by atoms with Crippen LogP contribution in [0.15, 0.2) is 12.1 Å². The van der Waals surface area contributed by atoms with E-state index in [0.717, 1.165) is 17.7 Å². The molecule has 2 atom stereocenters. The van der Waals surface area contributed by atoms with E-state index < -0.39 is 12.0 Å². The molecule has 1 aliphatic rings. The molecular formula is C13H17NO4. The zero-order valence-electron chi connectivity index (χ0n) is 10.5. The standard InChI is InChI=1S/C13H17NO4/c1-7-3-8-4-12(17-2)9(5-11(8)18-7)10(14)6-13(15)16/h4-5,7,10H,3,6,14H2,1-2H3,(H,15,16)/t7?,10-/m0/s1. The van der Waals surface area contributed by atoms with Gasteiger partial charge in [0.2, 0.25) is 0 Å². The number of nitrogens with two attached hydrogens (primary N) is 1. The molecule has 0 bridgehead atoms. The second-order valence-corrected chi connectivity index (χ2v) is 4.54. The molecule has 1 aromatic rings. The van der Waals surface area contributed by atoms with Crippen LogP contribution in [0.4, 0.5) is 0 Å². The molecule has 0 saturated heterocycles. The Morgan fingerprint density at radius 3 is 3.00 bits per heavy atom. The maximum absolute atomic E-state index is 10.7. The second-order valence-electron chi connectivity index (χ2n) is 4.54. The smallest absolute Gasteiger partial charge is 0.305 e. The summed E-state index contributed by atoms with van der Waals surface area (Å²) in [6.07, 6.45) is 0.834. The van der Waals surface area contributed by atoms with Crippen molar-refractivity contribution in [2.75, 3.05) is 7.11 Å². The van der Waals surface area contributed by atoms with Gasteiger partial charge in [0.15, 0.2) is 0 Å². The normalized spacial score (nSPS) is 18.9. The van der Waals surface area contributed by atoms with Crippen LogP contribution in [0, 0.1) is 0 Å². The monoisotopic (exact) mass is 251 g/mol. The Morgan fingerprint density at radius 1 is 1.67 bits per heavy atom. The summed E-state index contributed by atoms with van der Waals surface area (Å²) in [7, 11) is 1.55. The number of benzene rings is 1. The molecule has 2 rings (SSSR count). The highest BCUT2D eigenvalue weighted by Gasteiger charge is 2.24. The summed E-state index contributed by atoms with van der Waals surface area (Å²) in [5.41, 5.74) is 7.63. The number of hydrogen-bond acceptors (Lipinski definition) is 4. The van der Waals surface area contributed by atoms with Crippen molar-refractivity contribution in [3.8, 4) is 11.5 Å². The van der Waals surface area contributed by atoms with E-state index in [1.807, 2.05) is 13.0 Å². The van der Waals surface area contributed by atoms with Gasteiger partial charge in [0.1, 0.15) is 17.6 Å². The summed E-state index contributed by atoms with van der Waals surface area (Å²) < 4.78 is 10.9. The summed E-state index contributed by atoms with van der Waals surface area (Å²) in [5.74, 6) is 0.471. The number of carbonyl (C=O) groups is 1. The van der Waals surface area contributed by atoms with E-state index in [1.165, 1.54) is 0 Å². The molecule has 0 saturated carbocycles. The molecule has 3 N–H and O–H groups in total. The summed E-state index contributed by atoms with van der Waals surface area (Å²) in [6.45, 7) is 1.99. The SMILES string of the molecule is COc1cc2c(cc1[C@@H](N)CC(=O)O)OC(C)C2. The lowest BCUT2D eigenvalue weighted by atomic mass is 10.00. The quantitative estimate of drug-likeness (QED) is 0.847. The van der Waals surface area contributed by atoms with Crippen molar-refractivity contribution in [2.45, 2.75) is 31.9 Å².